The normalized spacial score (nSPS) is 23.2. The van der Waals surface area contributed by atoms with Gasteiger partial charge in [-0.25, -0.2) is 4.90 Å². The number of anilines is 1. The number of fused-ring (bicyclic) bond motifs is 2. The number of morpholine rings is 1. The summed E-state index contributed by atoms with van der Waals surface area (Å²) in [6.45, 7) is 1.73. The average Bonchev–Trinajstić information content (AvgIpc) is 3.36. The van der Waals surface area contributed by atoms with Gasteiger partial charge in [-0.1, -0.05) is 40.8 Å². The van der Waals surface area contributed by atoms with Crippen LogP contribution in [-0.2, 0) is 25.7 Å². The fourth-order valence-electron chi connectivity index (χ4n) is 5.07. The summed E-state index contributed by atoms with van der Waals surface area (Å²) in [6.07, 6.45) is 3.30. The lowest BCUT2D eigenvalue weighted by Gasteiger charge is -2.31. The minimum Gasteiger partial charge on any atom is -0.378 e. The minimum absolute atomic E-state index is 0.127. The fourth-order valence-corrected chi connectivity index (χ4v) is 7.97. The zero-order chi connectivity index (χ0) is 25.7. The number of carbonyl (C=O) groups excluding carboxylic acids is 3. The predicted molar refractivity (Wildman–Crippen MR) is 139 cm³/mol. The van der Waals surface area contributed by atoms with Crippen LogP contribution in [-0.4, -0.2) is 63.7 Å². The van der Waals surface area contributed by atoms with Gasteiger partial charge < -0.3 is 9.64 Å². The maximum atomic E-state index is 13.8. The summed E-state index contributed by atoms with van der Waals surface area (Å²) in [6, 6.07) is 10.2. The van der Waals surface area contributed by atoms with Gasteiger partial charge in [0, 0.05) is 41.3 Å². The third-order valence-corrected chi connectivity index (χ3v) is 9.69. The molecule has 0 saturated carbocycles. The van der Waals surface area contributed by atoms with E-state index in [1.165, 1.54) is 21.2 Å². The van der Waals surface area contributed by atoms with Gasteiger partial charge in [-0.05, 0) is 35.9 Å². The molecular formula is C25H21ClN4O5S2. The van der Waals surface area contributed by atoms with E-state index in [1.54, 1.807) is 47.6 Å². The van der Waals surface area contributed by atoms with Crippen LogP contribution in [0.25, 0.3) is 0 Å². The molecule has 0 bridgehead atoms. The smallest absolute Gasteiger partial charge is 0.308 e. The van der Waals surface area contributed by atoms with Gasteiger partial charge in [-0.15, -0.1) is 0 Å². The molecule has 3 aliphatic rings. The lowest BCUT2D eigenvalue weighted by Crippen LogP contribution is -2.43. The molecule has 2 saturated heterocycles. The Kier molecular flexibility index (Phi) is 6.39. The van der Waals surface area contributed by atoms with Gasteiger partial charge in [0.25, 0.3) is 0 Å². The number of amides is 3. The highest BCUT2D eigenvalue weighted by atomic mass is 35.5. The molecule has 0 radical (unpaired) electrons. The number of halogens is 1. The Bertz CT molecular complexity index is 1440. The highest BCUT2D eigenvalue weighted by Crippen LogP contribution is 2.53. The van der Waals surface area contributed by atoms with E-state index in [0.29, 0.717) is 46.9 Å². The van der Waals surface area contributed by atoms with Crippen molar-refractivity contribution in [3.05, 3.63) is 73.9 Å². The van der Waals surface area contributed by atoms with Gasteiger partial charge in [-0.3, -0.25) is 28.7 Å². The van der Waals surface area contributed by atoms with Gasteiger partial charge in [-0.2, -0.15) is 0 Å². The van der Waals surface area contributed by atoms with Crippen molar-refractivity contribution >= 4 is 58.1 Å². The lowest BCUT2D eigenvalue weighted by molar-refractivity contribution is -0.136. The maximum absolute atomic E-state index is 13.8. The van der Waals surface area contributed by atoms with E-state index in [4.69, 9.17) is 16.3 Å². The number of thiazole rings is 1. The molecule has 3 atom stereocenters. The molecule has 3 amide bonds. The number of carbonyl (C=O) groups is 3. The number of nitrogens with zero attached hydrogens (tertiary/aromatic N) is 4. The Morgan fingerprint density at radius 3 is 2.54 bits per heavy atom. The zero-order valence-electron chi connectivity index (χ0n) is 19.4. The second kappa shape index (κ2) is 9.71. The molecule has 0 aliphatic carbocycles. The molecule has 190 valence electrons. The lowest BCUT2D eigenvalue weighted by atomic mass is 9.84. The highest BCUT2D eigenvalue weighted by molar-refractivity contribution is 8.00. The summed E-state index contributed by atoms with van der Waals surface area (Å²) >= 11 is 8.24. The Labute approximate surface area is 225 Å². The van der Waals surface area contributed by atoms with Crippen molar-refractivity contribution in [2.45, 2.75) is 22.7 Å². The number of imide groups is 1. The molecule has 0 N–H and O–H groups in total. The second-order valence-corrected chi connectivity index (χ2v) is 11.5. The predicted octanol–water partition coefficient (Wildman–Crippen LogP) is 2.61. The Morgan fingerprint density at radius 1 is 1.08 bits per heavy atom. The van der Waals surface area contributed by atoms with Crippen LogP contribution in [0, 0.1) is 5.92 Å². The van der Waals surface area contributed by atoms with Gasteiger partial charge in [0.1, 0.15) is 11.8 Å². The Balaban J connectivity index is 1.42. The molecule has 0 unspecified atom stereocenters. The number of hydrogen-bond donors (Lipinski definition) is 0. The minimum atomic E-state index is -0.750. The summed E-state index contributed by atoms with van der Waals surface area (Å²) in [5.74, 6) is -2.12. The number of rotatable bonds is 4. The quantitative estimate of drug-likeness (QED) is 0.455. The number of ether oxygens (including phenoxy) is 1. The van der Waals surface area contributed by atoms with Crippen LogP contribution in [0.3, 0.4) is 0 Å². The number of benzene rings is 1. The van der Waals surface area contributed by atoms with Crippen LogP contribution in [0.4, 0.5) is 5.69 Å². The third-order valence-electron chi connectivity index (χ3n) is 6.83. The van der Waals surface area contributed by atoms with Gasteiger partial charge in [0.05, 0.1) is 29.8 Å². The molecule has 0 spiro atoms. The van der Waals surface area contributed by atoms with Crippen LogP contribution >= 0.6 is 34.7 Å². The summed E-state index contributed by atoms with van der Waals surface area (Å²) < 4.78 is 6.78. The van der Waals surface area contributed by atoms with Crippen molar-refractivity contribution in [2.75, 3.05) is 31.2 Å². The first-order valence-electron chi connectivity index (χ1n) is 11.7. The van der Waals surface area contributed by atoms with E-state index in [0.717, 1.165) is 16.9 Å². The van der Waals surface area contributed by atoms with E-state index in [2.05, 4.69) is 4.98 Å². The summed E-state index contributed by atoms with van der Waals surface area (Å²) in [5.41, 5.74) is 1.19. The van der Waals surface area contributed by atoms with E-state index < -0.39 is 17.1 Å². The van der Waals surface area contributed by atoms with E-state index >= 15 is 0 Å². The molecule has 5 heterocycles. The highest BCUT2D eigenvalue weighted by Gasteiger charge is 2.56. The van der Waals surface area contributed by atoms with Crippen LogP contribution in [0.2, 0.25) is 5.02 Å². The summed E-state index contributed by atoms with van der Waals surface area (Å²) in [7, 11) is 0. The van der Waals surface area contributed by atoms with E-state index in [9.17, 15) is 19.2 Å². The number of pyridine rings is 1. The van der Waals surface area contributed by atoms with Gasteiger partial charge in [0.2, 0.25) is 17.7 Å². The average molecular weight is 557 g/mol. The van der Waals surface area contributed by atoms with Crippen molar-refractivity contribution in [2.24, 2.45) is 5.92 Å². The number of hydrogen-bond acceptors (Lipinski definition) is 8. The first-order valence-corrected chi connectivity index (χ1v) is 13.8. The third kappa shape index (κ3) is 4.19. The van der Waals surface area contributed by atoms with Crippen LogP contribution in [0.1, 0.15) is 16.4 Å². The summed E-state index contributed by atoms with van der Waals surface area (Å²) in [4.78, 5) is 61.2. The van der Waals surface area contributed by atoms with Crippen molar-refractivity contribution in [3.63, 3.8) is 0 Å². The van der Waals surface area contributed by atoms with Crippen molar-refractivity contribution in [1.29, 1.82) is 0 Å². The molecular weight excluding hydrogens is 536 g/mol. The number of aromatic nitrogens is 2. The molecule has 6 rings (SSSR count). The Hall–Kier alpha value is -2.99. The molecule has 12 heteroatoms. The van der Waals surface area contributed by atoms with Crippen LogP contribution in [0.5, 0.6) is 0 Å². The molecule has 2 aromatic heterocycles. The molecule has 9 nitrogen and oxygen atoms in total. The number of thioether (sulfide) groups is 1. The Morgan fingerprint density at radius 2 is 1.84 bits per heavy atom. The molecule has 37 heavy (non-hydrogen) atoms. The first-order chi connectivity index (χ1) is 17.9. The van der Waals surface area contributed by atoms with Crippen molar-refractivity contribution in [1.82, 2.24) is 14.5 Å². The van der Waals surface area contributed by atoms with Crippen LogP contribution < -0.4 is 9.77 Å². The van der Waals surface area contributed by atoms with Gasteiger partial charge in [0.15, 0.2) is 0 Å². The standard InChI is InChI=1S/C25H21ClN4O5S2/c26-15-3-5-16(6-4-15)30-22(32)19-18(14-2-1-7-27-12-14)21-24(36-20(19)23(30)33)29(25(34)37-21)13-17(31)28-8-10-35-11-9-28/h1-7,12,18-20H,8-11,13H2/t18-,19+,20-/m0/s1. The zero-order valence-corrected chi connectivity index (χ0v) is 21.8. The monoisotopic (exact) mass is 556 g/mol. The van der Waals surface area contributed by atoms with Crippen molar-refractivity contribution < 1.29 is 19.1 Å². The van der Waals surface area contributed by atoms with Crippen molar-refractivity contribution in [3.8, 4) is 0 Å². The van der Waals surface area contributed by atoms with E-state index in [-0.39, 0.29) is 29.1 Å². The molecule has 3 aromatic rings. The molecule has 2 fully saturated rings. The SMILES string of the molecule is O=C(Cn1c2c(sc1=O)[C@@H](c1cccnc1)[C@H]1C(=O)N(c3ccc(Cl)cc3)C(=O)[C@H]1S2)N1CCOCC1. The topological polar surface area (TPSA) is 102 Å². The fraction of sp³-hybridized carbons (Fsp3) is 0.320. The molecule has 3 aliphatic heterocycles. The van der Waals surface area contributed by atoms with Crippen LogP contribution in [0.15, 0.2) is 58.6 Å². The maximum Gasteiger partial charge on any atom is 0.308 e. The molecule has 1 aromatic carbocycles. The van der Waals surface area contributed by atoms with Gasteiger partial charge >= 0.3 is 4.87 Å². The first kappa shape index (κ1) is 24.4. The second-order valence-electron chi connectivity index (χ2n) is 8.93. The summed E-state index contributed by atoms with van der Waals surface area (Å²) in [5, 5.41) is 0.310. The van der Waals surface area contributed by atoms with E-state index in [1.807, 2.05) is 6.07 Å². The largest absolute Gasteiger partial charge is 0.378 e.